The molecule has 1 aliphatic heterocycles. The molecule has 1 saturated heterocycles. The van der Waals surface area contributed by atoms with E-state index in [-0.39, 0.29) is 29.4 Å². The highest BCUT2D eigenvalue weighted by Gasteiger charge is 2.32. The largest absolute Gasteiger partial charge is 0.289 e. The van der Waals surface area contributed by atoms with Crippen molar-refractivity contribution in [1.29, 1.82) is 0 Å². The second kappa shape index (κ2) is 6.82. The Morgan fingerprint density at radius 2 is 2.12 bits per heavy atom. The molecule has 0 aromatic carbocycles. The van der Waals surface area contributed by atoms with Crippen molar-refractivity contribution < 1.29 is 13.2 Å². The minimum atomic E-state index is -3.03. The molecule has 0 spiro atoms. The molecular weight excluding hydrogens is 356 g/mol. The number of carbonyl (C=O) groups is 1. The SMILES string of the molecule is Cc1nn(C2CCS(=O)(=O)C2)c(C)c1C(=O)Nc1n[nH]c(CC(C)C)n1. The Kier molecular flexibility index (Phi) is 4.87. The number of rotatable bonds is 5. The number of carbonyl (C=O) groups excluding carboxylic acids is 1. The van der Waals surface area contributed by atoms with Crippen LogP contribution >= 0.6 is 0 Å². The normalized spacial score (nSPS) is 19.2. The molecule has 1 aliphatic rings. The smallest absolute Gasteiger partial charge is 0.261 e. The number of sulfone groups is 1. The number of H-pyrrole nitrogens is 1. The number of nitrogens with zero attached hydrogens (tertiary/aromatic N) is 4. The molecule has 1 amide bonds. The highest BCUT2D eigenvalue weighted by atomic mass is 32.2. The van der Waals surface area contributed by atoms with E-state index in [0.29, 0.717) is 29.3 Å². The molecule has 0 radical (unpaired) electrons. The highest BCUT2D eigenvalue weighted by Crippen LogP contribution is 2.27. The van der Waals surface area contributed by atoms with Crippen LogP contribution in [0.2, 0.25) is 0 Å². The van der Waals surface area contributed by atoms with Gasteiger partial charge in [-0.25, -0.2) is 8.42 Å². The third kappa shape index (κ3) is 3.79. The van der Waals surface area contributed by atoms with Gasteiger partial charge in [0, 0.05) is 12.1 Å². The first-order chi connectivity index (χ1) is 12.2. The molecular formula is C16H24N6O3S. The Balaban J connectivity index is 1.79. The third-order valence-electron chi connectivity index (χ3n) is 4.46. The Hall–Kier alpha value is -2.23. The number of amides is 1. The summed E-state index contributed by atoms with van der Waals surface area (Å²) < 4.78 is 25.1. The van der Waals surface area contributed by atoms with E-state index in [4.69, 9.17) is 0 Å². The Morgan fingerprint density at radius 1 is 1.38 bits per heavy atom. The molecule has 3 rings (SSSR count). The quantitative estimate of drug-likeness (QED) is 0.809. The fraction of sp³-hybridized carbons (Fsp3) is 0.625. The molecule has 0 bridgehead atoms. The summed E-state index contributed by atoms with van der Waals surface area (Å²) in [5.74, 6) is 1.25. The van der Waals surface area contributed by atoms with E-state index < -0.39 is 9.84 Å². The topological polar surface area (TPSA) is 123 Å². The van der Waals surface area contributed by atoms with Crippen LogP contribution in [0, 0.1) is 19.8 Å². The molecule has 0 aliphatic carbocycles. The fourth-order valence-corrected chi connectivity index (χ4v) is 5.00. The zero-order valence-electron chi connectivity index (χ0n) is 15.4. The zero-order valence-corrected chi connectivity index (χ0v) is 16.2. The summed E-state index contributed by atoms with van der Waals surface area (Å²) >= 11 is 0. The maximum atomic E-state index is 12.7. The number of anilines is 1. The molecule has 2 N–H and O–H groups in total. The predicted octanol–water partition coefficient (Wildman–Crippen LogP) is 1.43. The van der Waals surface area contributed by atoms with Crippen molar-refractivity contribution in [3.63, 3.8) is 0 Å². The monoisotopic (exact) mass is 380 g/mol. The van der Waals surface area contributed by atoms with Crippen LogP contribution in [0.1, 0.15) is 53.9 Å². The van der Waals surface area contributed by atoms with E-state index in [1.165, 1.54) is 0 Å². The second-order valence-electron chi connectivity index (χ2n) is 7.21. The number of hydrogen-bond donors (Lipinski definition) is 2. The molecule has 0 saturated carbocycles. The minimum absolute atomic E-state index is 0.0650. The van der Waals surface area contributed by atoms with Gasteiger partial charge in [0.05, 0.1) is 28.8 Å². The summed E-state index contributed by atoms with van der Waals surface area (Å²) in [6.45, 7) is 7.67. The van der Waals surface area contributed by atoms with Crippen LogP contribution in [-0.4, -0.2) is 50.8 Å². The second-order valence-corrected chi connectivity index (χ2v) is 9.43. The van der Waals surface area contributed by atoms with Crippen molar-refractivity contribution in [2.24, 2.45) is 5.92 Å². The van der Waals surface area contributed by atoms with Crippen LogP contribution in [0.4, 0.5) is 5.95 Å². The highest BCUT2D eigenvalue weighted by molar-refractivity contribution is 7.91. The van der Waals surface area contributed by atoms with E-state index in [2.05, 4.69) is 39.4 Å². The van der Waals surface area contributed by atoms with Gasteiger partial charge in [-0.05, 0) is 26.2 Å². The fourth-order valence-electron chi connectivity index (χ4n) is 3.31. The average molecular weight is 380 g/mol. The van der Waals surface area contributed by atoms with Crippen molar-refractivity contribution in [2.75, 3.05) is 16.8 Å². The van der Waals surface area contributed by atoms with Gasteiger partial charge in [0.1, 0.15) is 5.82 Å². The van der Waals surface area contributed by atoms with Crippen molar-refractivity contribution in [1.82, 2.24) is 25.0 Å². The summed E-state index contributed by atoms with van der Waals surface area (Å²) in [6, 6.07) is -0.221. The lowest BCUT2D eigenvalue weighted by Crippen LogP contribution is -2.17. The zero-order chi connectivity index (χ0) is 19.1. The molecule has 10 heteroatoms. The van der Waals surface area contributed by atoms with Crippen LogP contribution < -0.4 is 5.32 Å². The molecule has 26 heavy (non-hydrogen) atoms. The third-order valence-corrected chi connectivity index (χ3v) is 6.22. The Morgan fingerprint density at radius 3 is 2.73 bits per heavy atom. The van der Waals surface area contributed by atoms with Gasteiger partial charge in [-0.15, -0.1) is 5.10 Å². The molecule has 9 nitrogen and oxygen atoms in total. The molecule has 2 aromatic rings. The Bertz CT molecular complexity index is 928. The van der Waals surface area contributed by atoms with Crippen molar-refractivity contribution in [3.05, 3.63) is 22.8 Å². The number of aromatic amines is 1. The summed E-state index contributed by atoms with van der Waals surface area (Å²) in [6.07, 6.45) is 1.26. The van der Waals surface area contributed by atoms with Crippen molar-refractivity contribution in [2.45, 2.75) is 46.6 Å². The lowest BCUT2D eigenvalue weighted by Gasteiger charge is -2.11. The molecule has 2 aromatic heterocycles. The van der Waals surface area contributed by atoms with E-state index in [0.717, 1.165) is 12.2 Å². The molecule has 1 fully saturated rings. The number of aryl methyl sites for hydroxylation is 1. The van der Waals surface area contributed by atoms with Gasteiger partial charge in [-0.3, -0.25) is 19.9 Å². The maximum Gasteiger partial charge on any atom is 0.261 e. The van der Waals surface area contributed by atoms with Gasteiger partial charge in [-0.1, -0.05) is 13.8 Å². The van der Waals surface area contributed by atoms with E-state index >= 15 is 0 Å². The van der Waals surface area contributed by atoms with E-state index in [1.54, 1.807) is 18.5 Å². The lowest BCUT2D eigenvalue weighted by molar-refractivity contribution is 0.102. The molecule has 3 heterocycles. The van der Waals surface area contributed by atoms with Gasteiger partial charge < -0.3 is 0 Å². The van der Waals surface area contributed by atoms with Gasteiger partial charge in [0.25, 0.3) is 5.91 Å². The first kappa shape index (κ1) is 18.6. The summed E-state index contributed by atoms with van der Waals surface area (Å²) in [5, 5.41) is 13.9. The summed E-state index contributed by atoms with van der Waals surface area (Å²) in [7, 11) is -3.03. The minimum Gasteiger partial charge on any atom is -0.289 e. The lowest BCUT2D eigenvalue weighted by atomic mass is 10.1. The number of aromatic nitrogens is 5. The van der Waals surface area contributed by atoms with E-state index in [1.807, 2.05) is 0 Å². The average Bonchev–Trinajstić information content (AvgIpc) is 3.17. The summed E-state index contributed by atoms with van der Waals surface area (Å²) in [4.78, 5) is 16.9. The Labute approximate surface area is 152 Å². The van der Waals surface area contributed by atoms with Gasteiger partial charge in [-0.2, -0.15) is 10.1 Å². The molecule has 1 unspecified atom stereocenters. The van der Waals surface area contributed by atoms with E-state index in [9.17, 15) is 13.2 Å². The first-order valence-corrected chi connectivity index (χ1v) is 10.5. The maximum absolute atomic E-state index is 12.7. The van der Waals surface area contributed by atoms with Gasteiger partial charge in [0.2, 0.25) is 5.95 Å². The van der Waals surface area contributed by atoms with Crippen LogP contribution in [-0.2, 0) is 16.3 Å². The predicted molar refractivity (Wildman–Crippen MR) is 96.9 cm³/mol. The van der Waals surface area contributed by atoms with Crippen molar-refractivity contribution >= 4 is 21.7 Å². The molecule has 1 atom stereocenters. The van der Waals surface area contributed by atoms with Crippen molar-refractivity contribution in [3.8, 4) is 0 Å². The van der Waals surface area contributed by atoms with Crippen LogP contribution in [0.5, 0.6) is 0 Å². The van der Waals surface area contributed by atoms with Gasteiger partial charge in [0.15, 0.2) is 9.84 Å². The number of hydrogen-bond acceptors (Lipinski definition) is 6. The van der Waals surface area contributed by atoms with Crippen LogP contribution in [0.25, 0.3) is 0 Å². The summed E-state index contributed by atoms with van der Waals surface area (Å²) in [5.41, 5.74) is 1.65. The standard InChI is InChI=1S/C16H24N6O3S/c1-9(2)7-13-17-16(20-19-13)18-15(23)14-10(3)21-22(11(14)4)12-5-6-26(24,25)8-12/h9,12H,5-8H2,1-4H3,(H2,17,18,19,20,23). The van der Waals surface area contributed by atoms with Crippen LogP contribution in [0.15, 0.2) is 0 Å². The first-order valence-electron chi connectivity index (χ1n) is 8.65. The van der Waals surface area contributed by atoms with Gasteiger partial charge >= 0.3 is 0 Å². The van der Waals surface area contributed by atoms with Crippen LogP contribution in [0.3, 0.4) is 0 Å². The number of nitrogens with one attached hydrogen (secondary N) is 2. The molecule has 142 valence electrons.